The van der Waals surface area contributed by atoms with Gasteiger partial charge in [0.15, 0.2) is 8.32 Å². The summed E-state index contributed by atoms with van der Waals surface area (Å²) in [6, 6.07) is 0.233. The van der Waals surface area contributed by atoms with Gasteiger partial charge < -0.3 is 14.5 Å². The second kappa shape index (κ2) is 7.77. The lowest BCUT2D eigenvalue weighted by atomic mass is 9.83. The van der Waals surface area contributed by atoms with E-state index in [-0.39, 0.29) is 17.2 Å². The number of hydrogen-bond donors (Lipinski definition) is 1. The summed E-state index contributed by atoms with van der Waals surface area (Å²) in [7, 11) is -1.71. The molecule has 0 unspecified atom stereocenters. The van der Waals surface area contributed by atoms with Crippen LogP contribution in [-0.2, 0) is 9.16 Å². The number of nitrogens with one attached hydrogen (secondary N) is 1. The van der Waals surface area contributed by atoms with Crippen molar-refractivity contribution in [3.8, 4) is 0 Å². The third-order valence-electron chi connectivity index (χ3n) is 5.44. The Bertz CT molecular complexity index is 415. The van der Waals surface area contributed by atoms with E-state index in [1.807, 2.05) is 20.8 Å². The highest BCUT2D eigenvalue weighted by molar-refractivity contribution is 6.74. The first kappa shape index (κ1) is 21.5. The van der Waals surface area contributed by atoms with E-state index in [1.165, 1.54) is 0 Å². The first-order valence-corrected chi connectivity index (χ1v) is 12.3. The van der Waals surface area contributed by atoms with E-state index in [2.05, 4.69) is 46.1 Å². The predicted octanol–water partition coefficient (Wildman–Crippen LogP) is 5.48. The van der Waals surface area contributed by atoms with Gasteiger partial charge in [-0.15, -0.1) is 0 Å². The number of ether oxygens (including phenoxy) is 1. The molecule has 1 N–H and O–H groups in total. The molecular weight excluding hydrogens is 318 g/mol. The van der Waals surface area contributed by atoms with Crippen LogP contribution in [0.2, 0.25) is 18.1 Å². The molecular formula is C19H39NO3Si. The molecule has 0 bridgehead atoms. The van der Waals surface area contributed by atoms with Gasteiger partial charge in [0.1, 0.15) is 5.60 Å². The van der Waals surface area contributed by atoms with Gasteiger partial charge in [0, 0.05) is 12.1 Å². The molecule has 142 valence electrons. The van der Waals surface area contributed by atoms with Crippen LogP contribution in [0.15, 0.2) is 0 Å². The number of alkyl carbamates (subject to hydrolysis) is 1. The van der Waals surface area contributed by atoms with Crippen LogP contribution in [0.1, 0.15) is 74.1 Å². The van der Waals surface area contributed by atoms with Crippen molar-refractivity contribution in [3.63, 3.8) is 0 Å². The van der Waals surface area contributed by atoms with Gasteiger partial charge in [0.25, 0.3) is 0 Å². The monoisotopic (exact) mass is 357 g/mol. The van der Waals surface area contributed by atoms with E-state index in [0.717, 1.165) is 25.7 Å². The van der Waals surface area contributed by atoms with E-state index in [0.29, 0.717) is 12.0 Å². The smallest absolute Gasteiger partial charge is 0.407 e. The van der Waals surface area contributed by atoms with Crippen molar-refractivity contribution in [1.82, 2.24) is 5.32 Å². The summed E-state index contributed by atoms with van der Waals surface area (Å²) < 4.78 is 11.9. The molecule has 0 spiro atoms. The summed E-state index contributed by atoms with van der Waals surface area (Å²) in [5.41, 5.74) is -0.438. The molecule has 0 saturated heterocycles. The first-order chi connectivity index (χ1) is 10.7. The van der Waals surface area contributed by atoms with E-state index in [1.54, 1.807) is 0 Å². The summed E-state index contributed by atoms with van der Waals surface area (Å²) in [4.78, 5) is 11.9. The second-order valence-electron chi connectivity index (χ2n) is 9.84. The molecule has 1 amide bonds. The van der Waals surface area contributed by atoms with E-state index in [4.69, 9.17) is 9.16 Å². The molecule has 1 aliphatic carbocycles. The van der Waals surface area contributed by atoms with Gasteiger partial charge >= 0.3 is 6.09 Å². The number of rotatable bonds is 4. The zero-order valence-electron chi connectivity index (χ0n) is 17.3. The summed E-state index contributed by atoms with van der Waals surface area (Å²) in [6.45, 7) is 19.4. The molecule has 0 aliphatic heterocycles. The molecule has 0 radical (unpaired) electrons. The highest BCUT2D eigenvalue weighted by Gasteiger charge is 2.40. The Balaban J connectivity index is 2.44. The third-order valence-corrected chi connectivity index (χ3v) is 10.0. The summed E-state index contributed by atoms with van der Waals surface area (Å²) in [5.74, 6) is 0.593. The fourth-order valence-corrected chi connectivity index (χ4v) is 4.42. The Morgan fingerprint density at radius 2 is 1.54 bits per heavy atom. The molecule has 1 atom stereocenters. The summed E-state index contributed by atoms with van der Waals surface area (Å²) >= 11 is 0. The maximum atomic E-state index is 11.9. The average molecular weight is 358 g/mol. The minimum Gasteiger partial charge on any atom is -0.444 e. The third kappa shape index (κ3) is 6.75. The molecule has 5 heteroatoms. The van der Waals surface area contributed by atoms with Crippen molar-refractivity contribution in [3.05, 3.63) is 0 Å². The minimum atomic E-state index is -1.71. The Labute approximate surface area is 150 Å². The number of amides is 1. The Kier molecular flexibility index (Phi) is 6.96. The van der Waals surface area contributed by atoms with Gasteiger partial charge in [0.05, 0.1) is 0 Å². The Morgan fingerprint density at radius 1 is 1.04 bits per heavy atom. The molecule has 1 rings (SSSR count). The Hall–Kier alpha value is -0.553. The number of hydrogen-bond acceptors (Lipinski definition) is 3. The van der Waals surface area contributed by atoms with Crippen molar-refractivity contribution in [2.75, 3.05) is 0 Å². The summed E-state index contributed by atoms with van der Waals surface area (Å²) in [5, 5.41) is 3.26. The van der Waals surface area contributed by atoms with Gasteiger partial charge in [-0.25, -0.2) is 4.79 Å². The van der Waals surface area contributed by atoms with Crippen LogP contribution in [0.25, 0.3) is 0 Å². The standard InChI is InChI=1S/C19H39NO3Si/c1-14(23-24(8,9)19(5,6)7)15-10-12-16(13-11-15)20-17(21)22-18(2,3)4/h14-16H,10-13H2,1-9H3,(H,20,21)/t14-,15?,16?/m1/s1. The zero-order valence-corrected chi connectivity index (χ0v) is 18.3. The van der Waals surface area contributed by atoms with Crippen LogP contribution in [0, 0.1) is 5.92 Å². The predicted molar refractivity (Wildman–Crippen MR) is 103 cm³/mol. The van der Waals surface area contributed by atoms with Gasteiger partial charge in [-0.3, -0.25) is 0 Å². The lowest BCUT2D eigenvalue weighted by Crippen LogP contribution is -2.46. The highest BCUT2D eigenvalue weighted by Crippen LogP contribution is 2.39. The second-order valence-corrected chi connectivity index (χ2v) is 14.6. The zero-order chi connectivity index (χ0) is 18.8. The van der Waals surface area contributed by atoms with E-state index < -0.39 is 13.9 Å². The minimum absolute atomic E-state index is 0.233. The van der Waals surface area contributed by atoms with E-state index in [9.17, 15) is 4.79 Å². The number of carbonyl (C=O) groups is 1. The molecule has 1 aliphatic rings. The van der Waals surface area contributed by atoms with Crippen LogP contribution in [0.5, 0.6) is 0 Å². The number of carbonyl (C=O) groups excluding carboxylic acids is 1. The van der Waals surface area contributed by atoms with Gasteiger partial charge in [-0.2, -0.15) is 0 Å². The topological polar surface area (TPSA) is 47.6 Å². The molecule has 1 saturated carbocycles. The van der Waals surface area contributed by atoms with Crippen LogP contribution in [0.3, 0.4) is 0 Å². The molecule has 0 aromatic heterocycles. The normalized spacial score (nSPS) is 24.4. The van der Waals surface area contributed by atoms with Gasteiger partial charge in [0.2, 0.25) is 0 Å². The van der Waals surface area contributed by atoms with Crippen molar-refractivity contribution in [1.29, 1.82) is 0 Å². The molecule has 1 fully saturated rings. The fraction of sp³-hybridized carbons (Fsp3) is 0.947. The molecule has 4 nitrogen and oxygen atoms in total. The van der Waals surface area contributed by atoms with Crippen molar-refractivity contribution in [2.45, 2.75) is 110 Å². The Morgan fingerprint density at radius 3 is 1.96 bits per heavy atom. The van der Waals surface area contributed by atoms with Crippen LogP contribution in [0.4, 0.5) is 4.79 Å². The van der Waals surface area contributed by atoms with Crippen molar-refractivity contribution < 1.29 is 14.0 Å². The van der Waals surface area contributed by atoms with Gasteiger partial charge in [-0.1, -0.05) is 20.8 Å². The maximum absolute atomic E-state index is 11.9. The molecule has 24 heavy (non-hydrogen) atoms. The molecule has 0 aromatic rings. The highest BCUT2D eigenvalue weighted by atomic mass is 28.4. The van der Waals surface area contributed by atoms with Gasteiger partial charge in [-0.05, 0) is 77.4 Å². The van der Waals surface area contributed by atoms with Crippen molar-refractivity contribution in [2.24, 2.45) is 5.92 Å². The van der Waals surface area contributed by atoms with Crippen LogP contribution >= 0.6 is 0 Å². The quantitative estimate of drug-likeness (QED) is 0.678. The van der Waals surface area contributed by atoms with Crippen molar-refractivity contribution >= 4 is 14.4 Å². The molecule has 0 aromatic carbocycles. The lowest BCUT2D eigenvalue weighted by molar-refractivity contribution is 0.0467. The lowest BCUT2D eigenvalue weighted by Gasteiger charge is -2.42. The van der Waals surface area contributed by atoms with Crippen LogP contribution in [-0.4, -0.2) is 32.2 Å². The fourth-order valence-electron chi connectivity index (χ4n) is 2.94. The average Bonchev–Trinajstić information content (AvgIpc) is 2.35. The maximum Gasteiger partial charge on any atom is 0.407 e. The SMILES string of the molecule is C[C@@H](O[Si](C)(C)C(C)(C)C)C1CCC(NC(=O)OC(C)(C)C)CC1. The van der Waals surface area contributed by atoms with Crippen LogP contribution < -0.4 is 5.32 Å². The van der Waals surface area contributed by atoms with E-state index >= 15 is 0 Å². The summed E-state index contributed by atoms with van der Waals surface area (Å²) in [6.07, 6.45) is 4.24. The molecule has 0 heterocycles. The first-order valence-electron chi connectivity index (χ1n) is 9.38. The largest absolute Gasteiger partial charge is 0.444 e.